The number of hydrogen-bond donors (Lipinski definition) is 2. The molecule has 3 heterocycles. The van der Waals surface area contributed by atoms with Crippen molar-refractivity contribution >= 4 is 17.7 Å². The van der Waals surface area contributed by atoms with E-state index in [1.165, 1.54) is 0 Å². The normalized spacial score (nSPS) is 29.8. The summed E-state index contributed by atoms with van der Waals surface area (Å²) in [6.07, 6.45) is 9.30. The number of nitrogens with zero attached hydrogens (tertiary/aromatic N) is 1. The van der Waals surface area contributed by atoms with Gasteiger partial charge in [0.25, 0.3) is 0 Å². The molecule has 0 aromatic rings. The van der Waals surface area contributed by atoms with Crippen LogP contribution in [0.15, 0.2) is 24.0 Å². The molecule has 136 valence electrons. The van der Waals surface area contributed by atoms with Gasteiger partial charge in [0.15, 0.2) is 0 Å². The number of hydrogen-bond acceptors (Lipinski definition) is 5. The number of rotatable bonds is 3. The van der Waals surface area contributed by atoms with Gasteiger partial charge in [-0.05, 0) is 50.9 Å². The maximum absolute atomic E-state index is 12.6. The van der Waals surface area contributed by atoms with Gasteiger partial charge in [-0.25, -0.2) is 0 Å². The number of nitrogens with one attached hydrogen (secondary N) is 2. The van der Waals surface area contributed by atoms with Crippen molar-refractivity contribution in [1.82, 2.24) is 15.5 Å². The fourth-order valence-corrected chi connectivity index (χ4v) is 3.41. The minimum atomic E-state index is -0.557. The molecule has 0 saturated carbocycles. The molecular weight excluding hydrogens is 322 g/mol. The van der Waals surface area contributed by atoms with E-state index in [1.54, 1.807) is 11.0 Å². The number of ether oxygens (including phenoxy) is 1. The lowest BCUT2D eigenvalue weighted by Gasteiger charge is -2.32. The van der Waals surface area contributed by atoms with Gasteiger partial charge >= 0.3 is 0 Å². The highest BCUT2D eigenvalue weighted by atomic mass is 16.5. The van der Waals surface area contributed by atoms with Gasteiger partial charge in [-0.1, -0.05) is 6.08 Å². The molecule has 25 heavy (non-hydrogen) atoms. The first-order valence-corrected chi connectivity index (χ1v) is 9.01. The zero-order valence-electron chi connectivity index (χ0n) is 14.3. The zero-order chi connectivity index (χ0) is 17.6. The van der Waals surface area contributed by atoms with Crippen LogP contribution >= 0.6 is 0 Å². The van der Waals surface area contributed by atoms with Crippen molar-refractivity contribution in [3.8, 4) is 0 Å². The predicted molar refractivity (Wildman–Crippen MR) is 91.3 cm³/mol. The van der Waals surface area contributed by atoms with Crippen LogP contribution in [0.2, 0.25) is 0 Å². The average molecular weight is 347 g/mol. The lowest BCUT2D eigenvalue weighted by molar-refractivity contribution is -0.145. The van der Waals surface area contributed by atoms with Crippen LogP contribution in [-0.2, 0) is 19.1 Å². The minimum absolute atomic E-state index is 0.107. The Hall–Kier alpha value is -2.15. The van der Waals surface area contributed by atoms with Gasteiger partial charge in [0.1, 0.15) is 17.9 Å². The van der Waals surface area contributed by atoms with Crippen molar-refractivity contribution in [2.24, 2.45) is 0 Å². The van der Waals surface area contributed by atoms with E-state index in [0.29, 0.717) is 19.4 Å². The topological polar surface area (TPSA) is 87.7 Å². The Labute approximate surface area is 147 Å². The number of carbonyl (C=O) groups is 3. The second kappa shape index (κ2) is 8.29. The molecule has 2 N–H and O–H groups in total. The fraction of sp³-hybridized carbons (Fsp3) is 0.611. The first-order valence-electron chi connectivity index (χ1n) is 9.01. The van der Waals surface area contributed by atoms with Gasteiger partial charge in [0.05, 0.1) is 0 Å². The molecule has 3 rings (SSSR count). The number of piperidine rings is 2. The Balaban J connectivity index is 1.64. The van der Waals surface area contributed by atoms with Gasteiger partial charge < -0.3 is 15.0 Å². The Kier molecular flexibility index (Phi) is 5.86. The van der Waals surface area contributed by atoms with Crippen LogP contribution < -0.4 is 10.6 Å². The van der Waals surface area contributed by atoms with E-state index < -0.39 is 6.04 Å². The van der Waals surface area contributed by atoms with Gasteiger partial charge in [-0.15, -0.1) is 0 Å². The van der Waals surface area contributed by atoms with Gasteiger partial charge in [-0.3, -0.25) is 19.7 Å². The quantitative estimate of drug-likeness (QED) is 0.731. The lowest BCUT2D eigenvalue weighted by atomic mass is 10.0. The Morgan fingerprint density at radius 2 is 1.92 bits per heavy atom. The second-order valence-electron chi connectivity index (χ2n) is 6.62. The molecule has 7 nitrogen and oxygen atoms in total. The third-order valence-electron chi connectivity index (χ3n) is 4.79. The molecule has 0 radical (unpaired) electrons. The maximum Gasteiger partial charge on any atom is 0.249 e. The molecule has 3 aliphatic rings. The predicted octanol–water partition coefficient (Wildman–Crippen LogP) is 0.623. The lowest BCUT2D eigenvalue weighted by Crippen LogP contribution is -2.54. The summed E-state index contributed by atoms with van der Waals surface area (Å²) in [5.74, 6) is -0.0200. The van der Waals surface area contributed by atoms with Crippen LogP contribution in [-0.4, -0.2) is 54.4 Å². The molecule has 0 aromatic heterocycles. The molecule has 1 atom stereocenters. The molecule has 7 heteroatoms. The van der Waals surface area contributed by atoms with E-state index in [9.17, 15) is 14.4 Å². The van der Waals surface area contributed by atoms with Gasteiger partial charge in [0.2, 0.25) is 17.7 Å². The highest BCUT2D eigenvalue weighted by Gasteiger charge is 2.33. The minimum Gasteiger partial charge on any atom is -0.491 e. The van der Waals surface area contributed by atoms with E-state index in [0.717, 1.165) is 31.7 Å². The average Bonchev–Trinajstić information content (AvgIpc) is 2.68. The molecule has 0 bridgehead atoms. The number of allylic oxidation sites excluding steroid dienone is 1. The summed E-state index contributed by atoms with van der Waals surface area (Å²) in [5.41, 5.74) is 0. The molecule has 3 amide bonds. The first-order chi connectivity index (χ1) is 12.1. The highest BCUT2D eigenvalue weighted by molar-refractivity contribution is 6.01. The van der Waals surface area contributed by atoms with Crippen molar-refractivity contribution < 1.29 is 19.1 Å². The molecule has 2 fully saturated rings. The van der Waals surface area contributed by atoms with E-state index >= 15 is 0 Å². The van der Waals surface area contributed by atoms with E-state index in [2.05, 4.69) is 10.6 Å². The van der Waals surface area contributed by atoms with Crippen LogP contribution in [0.3, 0.4) is 0 Å². The summed E-state index contributed by atoms with van der Waals surface area (Å²) >= 11 is 0. The van der Waals surface area contributed by atoms with Crippen molar-refractivity contribution in [2.45, 2.75) is 50.7 Å². The second-order valence-corrected chi connectivity index (χ2v) is 6.62. The third kappa shape index (κ3) is 4.69. The Bertz CT molecular complexity index is 593. The standard InChI is InChI=1S/C18H25N3O4/c22-16-6-5-15(18(24)20-16)21-12-2-1-3-13(4-7-17(21)23)25-14-8-10-19-11-9-14/h1,3-4,14-15,19H,2,5-12H2,(H,20,22,24)/b3-1-,13-4+. The third-order valence-corrected chi connectivity index (χ3v) is 4.79. The largest absolute Gasteiger partial charge is 0.491 e. The molecule has 0 aromatic carbocycles. The summed E-state index contributed by atoms with van der Waals surface area (Å²) < 4.78 is 6.03. The molecule has 2 saturated heterocycles. The summed E-state index contributed by atoms with van der Waals surface area (Å²) in [4.78, 5) is 37.6. The van der Waals surface area contributed by atoms with E-state index in [-0.39, 0.29) is 36.7 Å². The van der Waals surface area contributed by atoms with Crippen LogP contribution in [0.1, 0.15) is 38.5 Å². The zero-order valence-corrected chi connectivity index (χ0v) is 14.3. The summed E-state index contributed by atoms with van der Waals surface area (Å²) in [5, 5.41) is 5.63. The van der Waals surface area contributed by atoms with Crippen molar-refractivity contribution in [1.29, 1.82) is 0 Å². The molecular formula is C18H25N3O4. The maximum atomic E-state index is 12.6. The van der Waals surface area contributed by atoms with Crippen molar-refractivity contribution in [3.05, 3.63) is 24.0 Å². The van der Waals surface area contributed by atoms with E-state index in [4.69, 9.17) is 4.74 Å². The monoisotopic (exact) mass is 347 g/mol. The molecule has 0 aliphatic carbocycles. The summed E-state index contributed by atoms with van der Waals surface area (Å²) in [6, 6.07) is -0.557. The highest BCUT2D eigenvalue weighted by Crippen LogP contribution is 2.19. The van der Waals surface area contributed by atoms with Crippen LogP contribution in [0.25, 0.3) is 0 Å². The van der Waals surface area contributed by atoms with E-state index in [1.807, 2.05) is 12.2 Å². The Morgan fingerprint density at radius 3 is 2.68 bits per heavy atom. The van der Waals surface area contributed by atoms with Crippen molar-refractivity contribution in [2.75, 3.05) is 19.6 Å². The molecule has 1 unspecified atom stereocenters. The van der Waals surface area contributed by atoms with Crippen LogP contribution in [0.4, 0.5) is 0 Å². The molecule has 3 aliphatic heterocycles. The number of imide groups is 1. The van der Waals surface area contributed by atoms with Crippen LogP contribution in [0.5, 0.6) is 0 Å². The summed E-state index contributed by atoms with van der Waals surface area (Å²) in [6.45, 7) is 2.36. The SMILES string of the molecule is O=C1CCC(N2CC/C=C\C(OC3CCNCC3)=C/CC2=O)C(=O)N1. The summed E-state index contributed by atoms with van der Waals surface area (Å²) in [7, 11) is 0. The molecule has 0 spiro atoms. The number of amides is 3. The fourth-order valence-electron chi connectivity index (χ4n) is 3.41. The van der Waals surface area contributed by atoms with Crippen LogP contribution in [0, 0.1) is 0 Å². The number of carbonyl (C=O) groups excluding carboxylic acids is 3. The smallest absolute Gasteiger partial charge is 0.249 e. The van der Waals surface area contributed by atoms with Crippen molar-refractivity contribution in [3.63, 3.8) is 0 Å². The Morgan fingerprint density at radius 1 is 1.12 bits per heavy atom. The van der Waals surface area contributed by atoms with Gasteiger partial charge in [-0.2, -0.15) is 0 Å². The van der Waals surface area contributed by atoms with Gasteiger partial charge in [0, 0.05) is 19.4 Å². The first kappa shape index (κ1) is 17.7.